The maximum Gasteiger partial charge on any atom is 0.335 e. The van der Waals surface area contributed by atoms with E-state index in [4.69, 9.17) is 24.1 Å². The number of carboxylic acids is 1. The van der Waals surface area contributed by atoms with E-state index in [2.05, 4.69) is 0 Å². The number of hydrogen-bond donors (Lipinski definition) is 1. The molecule has 0 spiro atoms. The molecule has 1 aromatic carbocycles. The Morgan fingerprint density at radius 1 is 1.26 bits per heavy atom. The van der Waals surface area contributed by atoms with Crippen LogP contribution in [0.4, 0.5) is 0 Å². The molecule has 1 fully saturated rings. The molecule has 1 saturated heterocycles. The van der Waals surface area contributed by atoms with Crippen molar-refractivity contribution in [3.05, 3.63) is 35.9 Å². The zero-order valence-corrected chi connectivity index (χ0v) is 13.9. The monoisotopic (exact) mass is 326 g/mol. The van der Waals surface area contributed by atoms with Gasteiger partial charge in [-0.1, -0.05) is 18.2 Å². The van der Waals surface area contributed by atoms with Crippen molar-refractivity contribution in [1.29, 1.82) is 0 Å². The zero-order valence-electron chi connectivity index (χ0n) is 13.9. The fourth-order valence-electron chi connectivity index (χ4n) is 2.32. The van der Waals surface area contributed by atoms with Gasteiger partial charge in [-0.3, -0.25) is 0 Å². The summed E-state index contributed by atoms with van der Waals surface area (Å²) in [7, 11) is 3.39. The van der Waals surface area contributed by atoms with Crippen LogP contribution in [0.2, 0.25) is 0 Å². The first kappa shape index (κ1) is 19.6. The van der Waals surface area contributed by atoms with Crippen molar-refractivity contribution in [3.8, 4) is 0 Å². The number of carbonyl (C=O) groups is 1. The average Bonchev–Trinajstić information content (AvgIpc) is 2.58. The lowest BCUT2D eigenvalue weighted by Crippen LogP contribution is -2.45. The summed E-state index contributed by atoms with van der Waals surface area (Å²) >= 11 is 0. The van der Waals surface area contributed by atoms with Gasteiger partial charge in [-0.15, -0.1) is 0 Å². The average molecular weight is 326 g/mol. The Balaban J connectivity index is 0.000000253. The van der Waals surface area contributed by atoms with E-state index in [9.17, 15) is 4.79 Å². The van der Waals surface area contributed by atoms with Crippen LogP contribution in [0.3, 0.4) is 0 Å². The van der Waals surface area contributed by atoms with E-state index >= 15 is 0 Å². The van der Waals surface area contributed by atoms with Gasteiger partial charge in [-0.05, 0) is 19.1 Å². The molecule has 2 rings (SSSR count). The Morgan fingerprint density at radius 2 is 1.96 bits per heavy atom. The Kier molecular flexibility index (Phi) is 9.47. The third-order valence-corrected chi connectivity index (χ3v) is 3.46. The van der Waals surface area contributed by atoms with Crippen molar-refractivity contribution >= 4 is 5.97 Å². The predicted molar refractivity (Wildman–Crippen MR) is 85.8 cm³/mol. The summed E-state index contributed by atoms with van der Waals surface area (Å²) in [6, 6.07) is 8.30. The van der Waals surface area contributed by atoms with Gasteiger partial charge < -0.3 is 24.1 Å². The highest BCUT2D eigenvalue weighted by atomic mass is 16.6. The highest BCUT2D eigenvalue weighted by Crippen LogP contribution is 2.19. The van der Waals surface area contributed by atoms with E-state index < -0.39 is 5.97 Å². The summed E-state index contributed by atoms with van der Waals surface area (Å²) in [5.41, 5.74) is 0.331. The minimum Gasteiger partial charge on any atom is -0.478 e. The molecule has 0 radical (unpaired) electrons. The molecular weight excluding hydrogens is 300 g/mol. The fourth-order valence-corrected chi connectivity index (χ4v) is 2.32. The van der Waals surface area contributed by atoms with E-state index in [1.807, 2.05) is 6.92 Å². The van der Waals surface area contributed by atoms with Crippen LogP contribution in [-0.2, 0) is 18.9 Å². The summed E-state index contributed by atoms with van der Waals surface area (Å²) in [5, 5.41) is 8.38. The van der Waals surface area contributed by atoms with Gasteiger partial charge in [0.25, 0.3) is 0 Å². The number of carboxylic acid groups (broad SMARTS) is 1. The van der Waals surface area contributed by atoms with Crippen molar-refractivity contribution in [3.63, 3.8) is 0 Å². The first-order chi connectivity index (χ1) is 11.1. The quantitative estimate of drug-likeness (QED) is 0.864. The van der Waals surface area contributed by atoms with Crippen molar-refractivity contribution in [2.24, 2.45) is 0 Å². The number of rotatable bonds is 6. The maximum absolute atomic E-state index is 10.2. The highest BCUT2D eigenvalue weighted by molar-refractivity contribution is 5.87. The molecule has 3 atom stereocenters. The molecule has 1 aliphatic heterocycles. The normalized spacial score (nSPS) is 23.7. The lowest BCUT2D eigenvalue weighted by molar-refractivity contribution is -0.162. The molecule has 1 aromatic rings. The zero-order chi connectivity index (χ0) is 17.1. The van der Waals surface area contributed by atoms with Crippen LogP contribution < -0.4 is 0 Å². The molecule has 6 heteroatoms. The first-order valence-electron chi connectivity index (χ1n) is 7.65. The number of benzene rings is 1. The maximum atomic E-state index is 10.2. The minimum atomic E-state index is -0.879. The second-order valence-electron chi connectivity index (χ2n) is 5.09. The van der Waals surface area contributed by atoms with Gasteiger partial charge in [0, 0.05) is 27.2 Å². The molecule has 1 N–H and O–H groups in total. The van der Waals surface area contributed by atoms with E-state index in [1.54, 1.807) is 44.6 Å². The third kappa shape index (κ3) is 7.09. The summed E-state index contributed by atoms with van der Waals surface area (Å²) in [6.07, 6.45) is 1.18. The first-order valence-corrected chi connectivity index (χ1v) is 7.65. The van der Waals surface area contributed by atoms with Crippen molar-refractivity contribution in [2.45, 2.75) is 31.7 Å². The molecule has 3 unspecified atom stereocenters. The van der Waals surface area contributed by atoms with E-state index in [-0.39, 0.29) is 18.3 Å². The van der Waals surface area contributed by atoms with E-state index in [1.165, 1.54) is 0 Å². The molecule has 1 heterocycles. The lowest BCUT2D eigenvalue weighted by Gasteiger charge is -2.34. The highest BCUT2D eigenvalue weighted by Gasteiger charge is 2.31. The molecule has 0 amide bonds. The SMILES string of the molecule is CCOC1COC(COC)CC1OC.O=C(O)c1ccccc1. The molecule has 0 bridgehead atoms. The number of ether oxygens (including phenoxy) is 4. The fraction of sp³-hybridized carbons (Fsp3) is 0.588. The van der Waals surface area contributed by atoms with Crippen LogP contribution >= 0.6 is 0 Å². The molecule has 1 aliphatic rings. The van der Waals surface area contributed by atoms with Crippen molar-refractivity contribution in [2.75, 3.05) is 34.0 Å². The van der Waals surface area contributed by atoms with Crippen LogP contribution in [0.25, 0.3) is 0 Å². The van der Waals surface area contributed by atoms with Gasteiger partial charge in [0.2, 0.25) is 0 Å². The second-order valence-corrected chi connectivity index (χ2v) is 5.09. The summed E-state index contributed by atoms with van der Waals surface area (Å²) < 4.78 is 21.5. The van der Waals surface area contributed by atoms with Crippen LogP contribution in [0.15, 0.2) is 30.3 Å². The molecule has 0 aromatic heterocycles. The van der Waals surface area contributed by atoms with E-state index in [0.717, 1.165) is 6.42 Å². The number of aromatic carboxylic acids is 1. The Hall–Kier alpha value is -1.47. The standard InChI is InChI=1S/C10H20O4.C7H6O2/c1-4-13-10-7-14-8(6-11-2)5-9(10)12-3;8-7(9)6-4-2-1-3-5-6/h8-10H,4-7H2,1-3H3;1-5H,(H,8,9). The summed E-state index contributed by atoms with van der Waals surface area (Å²) in [4.78, 5) is 10.2. The van der Waals surface area contributed by atoms with Crippen molar-refractivity contribution in [1.82, 2.24) is 0 Å². The Morgan fingerprint density at radius 3 is 2.43 bits per heavy atom. The molecule has 6 nitrogen and oxygen atoms in total. The Bertz CT molecular complexity index is 436. The molecule has 130 valence electrons. The van der Waals surface area contributed by atoms with Gasteiger partial charge in [-0.2, -0.15) is 0 Å². The number of methoxy groups -OCH3 is 2. The van der Waals surface area contributed by atoms with Crippen LogP contribution in [0, 0.1) is 0 Å². The van der Waals surface area contributed by atoms with Crippen LogP contribution in [0.1, 0.15) is 23.7 Å². The molecular formula is C17H26O6. The smallest absolute Gasteiger partial charge is 0.335 e. The lowest BCUT2D eigenvalue weighted by atomic mass is 10.0. The van der Waals surface area contributed by atoms with Gasteiger partial charge in [0.1, 0.15) is 6.10 Å². The van der Waals surface area contributed by atoms with Crippen LogP contribution in [0.5, 0.6) is 0 Å². The van der Waals surface area contributed by atoms with E-state index in [0.29, 0.717) is 25.4 Å². The minimum absolute atomic E-state index is 0.0677. The molecule has 0 aliphatic carbocycles. The van der Waals surface area contributed by atoms with Crippen molar-refractivity contribution < 1.29 is 28.8 Å². The molecule has 0 saturated carbocycles. The topological polar surface area (TPSA) is 74.2 Å². The van der Waals surface area contributed by atoms with Gasteiger partial charge >= 0.3 is 5.97 Å². The second kappa shape index (κ2) is 11.1. The Labute approximate surface area is 137 Å². The van der Waals surface area contributed by atoms with Gasteiger partial charge in [0.05, 0.1) is 31.0 Å². The predicted octanol–water partition coefficient (Wildman–Crippen LogP) is 2.23. The largest absolute Gasteiger partial charge is 0.478 e. The van der Waals surface area contributed by atoms with Crippen LogP contribution in [-0.4, -0.2) is 63.4 Å². The summed E-state index contributed by atoms with van der Waals surface area (Å²) in [6.45, 7) is 3.90. The third-order valence-electron chi connectivity index (χ3n) is 3.46. The molecule has 23 heavy (non-hydrogen) atoms. The van der Waals surface area contributed by atoms with Gasteiger partial charge in [0.15, 0.2) is 0 Å². The number of hydrogen-bond acceptors (Lipinski definition) is 5. The van der Waals surface area contributed by atoms with Gasteiger partial charge in [-0.25, -0.2) is 4.79 Å². The summed E-state index contributed by atoms with van der Waals surface area (Å²) in [5.74, 6) is -0.879.